The van der Waals surface area contributed by atoms with Crippen molar-refractivity contribution < 1.29 is 32.2 Å². The molecule has 2 aromatic carbocycles. The molecule has 1 atom stereocenters. The van der Waals surface area contributed by atoms with Crippen LogP contribution in [0.25, 0.3) is 0 Å². The van der Waals surface area contributed by atoms with Gasteiger partial charge in [-0.15, -0.1) is 0 Å². The lowest BCUT2D eigenvalue weighted by molar-refractivity contribution is 0.0680. The van der Waals surface area contributed by atoms with Gasteiger partial charge in [0.25, 0.3) is 5.91 Å². The van der Waals surface area contributed by atoms with E-state index in [4.69, 9.17) is 18.9 Å². The molecule has 1 unspecified atom stereocenters. The number of amides is 1. The van der Waals surface area contributed by atoms with Crippen LogP contribution in [0.1, 0.15) is 23.2 Å². The number of sulfonamides is 1. The smallest absolute Gasteiger partial charge is 0.255 e. The van der Waals surface area contributed by atoms with Crippen LogP contribution in [-0.2, 0) is 19.5 Å². The maximum Gasteiger partial charge on any atom is 0.255 e. The average Bonchev–Trinajstić information content (AvgIpc) is 3.37. The third kappa shape index (κ3) is 5.64. The van der Waals surface area contributed by atoms with E-state index < -0.39 is 15.9 Å². The van der Waals surface area contributed by atoms with E-state index >= 15 is 0 Å². The highest BCUT2D eigenvalue weighted by molar-refractivity contribution is 7.89. The van der Waals surface area contributed by atoms with Crippen molar-refractivity contribution in [2.75, 3.05) is 51.9 Å². The van der Waals surface area contributed by atoms with Crippen LogP contribution < -0.4 is 14.8 Å². The number of methoxy groups -OCH3 is 1. The summed E-state index contributed by atoms with van der Waals surface area (Å²) in [5.74, 6) is 0.364. The standard InChI is InChI=1S/C23H28N2O7S/c1-29-21-8-7-17(14-22(21)33(27,28)25-9-12-30-13-10-25)23(26)24-18-4-2-5-19(15-18)32-16-20-6-3-11-31-20/h2,4-5,7-8,14-15,20H,3,6,9-13,16H2,1H3,(H,24,26). The van der Waals surface area contributed by atoms with Crippen molar-refractivity contribution in [1.29, 1.82) is 0 Å². The Labute approximate surface area is 193 Å². The van der Waals surface area contributed by atoms with E-state index in [2.05, 4.69) is 5.32 Å². The van der Waals surface area contributed by atoms with E-state index in [9.17, 15) is 13.2 Å². The average molecular weight is 477 g/mol. The van der Waals surface area contributed by atoms with Gasteiger partial charge in [0, 0.05) is 37.0 Å². The van der Waals surface area contributed by atoms with Crippen molar-refractivity contribution in [2.24, 2.45) is 0 Å². The van der Waals surface area contributed by atoms with Crippen LogP contribution in [0.15, 0.2) is 47.4 Å². The molecule has 0 bridgehead atoms. The Kier molecular flexibility index (Phi) is 7.49. The third-order valence-electron chi connectivity index (χ3n) is 5.57. The highest BCUT2D eigenvalue weighted by Gasteiger charge is 2.30. The van der Waals surface area contributed by atoms with E-state index in [0.29, 0.717) is 31.3 Å². The van der Waals surface area contributed by atoms with Gasteiger partial charge in [-0.1, -0.05) is 6.07 Å². The fourth-order valence-electron chi connectivity index (χ4n) is 3.78. The number of nitrogens with zero attached hydrogens (tertiary/aromatic N) is 1. The third-order valence-corrected chi connectivity index (χ3v) is 7.49. The Morgan fingerprint density at radius 3 is 2.70 bits per heavy atom. The van der Waals surface area contributed by atoms with Gasteiger partial charge in [0.2, 0.25) is 10.0 Å². The molecule has 1 N–H and O–H groups in total. The first kappa shape index (κ1) is 23.5. The Hall–Kier alpha value is -2.66. The second-order valence-electron chi connectivity index (χ2n) is 7.81. The van der Waals surface area contributed by atoms with Crippen LogP contribution in [0, 0.1) is 0 Å². The van der Waals surface area contributed by atoms with Gasteiger partial charge < -0.3 is 24.3 Å². The van der Waals surface area contributed by atoms with Crippen LogP contribution in [0.5, 0.6) is 11.5 Å². The summed E-state index contributed by atoms with van der Waals surface area (Å²) in [4.78, 5) is 12.9. The molecule has 0 aliphatic carbocycles. The van der Waals surface area contributed by atoms with Crippen LogP contribution in [-0.4, -0.2) is 71.4 Å². The maximum absolute atomic E-state index is 13.2. The lowest BCUT2D eigenvalue weighted by Crippen LogP contribution is -2.40. The normalized spacial score (nSPS) is 19.2. The van der Waals surface area contributed by atoms with Gasteiger partial charge in [-0.3, -0.25) is 4.79 Å². The summed E-state index contributed by atoms with van der Waals surface area (Å²) in [5.41, 5.74) is 0.742. The topological polar surface area (TPSA) is 103 Å². The highest BCUT2D eigenvalue weighted by Crippen LogP contribution is 2.29. The summed E-state index contributed by atoms with van der Waals surface area (Å²) in [6.07, 6.45) is 2.10. The van der Waals surface area contributed by atoms with Crippen molar-refractivity contribution >= 4 is 21.6 Å². The van der Waals surface area contributed by atoms with E-state index in [1.54, 1.807) is 18.2 Å². The first-order valence-electron chi connectivity index (χ1n) is 10.9. The van der Waals surface area contributed by atoms with Crippen LogP contribution in [0.2, 0.25) is 0 Å². The molecular formula is C23H28N2O7S. The number of carbonyl (C=O) groups excluding carboxylic acids is 1. The molecule has 4 rings (SSSR count). The molecule has 2 aliphatic rings. The molecule has 2 aliphatic heterocycles. The molecule has 10 heteroatoms. The van der Waals surface area contributed by atoms with Crippen molar-refractivity contribution in [3.05, 3.63) is 48.0 Å². The molecule has 0 aromatic heterocycles. The maximum atomic E-state index is 13.2. The molecule has 2 heterocycles. The highest BCUT2D eigenvalue weighted by atomic mass is 32.2. The molecule has 0 saturated carbocycles. The minimum Gasteiger partial charge on any atom is -0.495 e. The van der Waals surface area contributed by atoms with E-state index in [1.807, 2.05) is 6.07 Å². The molecular weight excluding hydrogens is 448 g/mol. The van der Waals surface area contributed by atoms with Crippen molar-refractivity contribution in [3.63, 3.8) is 0 Å². The SMILES string of the molecule is COc1ccc(C(=O)Nc2cccc(OCC3CCCO3)c2)cc1S(=O)(=O)N1CCOCC1. The molecule has 2 aromatic rings. The van der Waals surface area contributed by atoms with Gasteiger partial charge in [0.1, 0.15) is 23.0 Å². The van der Waals surface area contributed by atoms with Gasteiger partial charge >= 0.3 is 0 Å². The van der Waals surface area contributed by atoms with Crippen molar-refractivity contribution in [3.8, 4) is 11.5 Å². The van der Waals surface area contributed by atoms with Gasteiger partial charge in [0.05, 0.1) is 26.4 Å². The number of morpholine rings is 1. The zero-order chi connectivity index (χ0) is 23.3. The Bertz CT molecular complexity index is 1080. The number of rotatable bonds is 8. The molecule has 33 heavy (non-hydrogen) atoms. The summed E-state index contributed by atoms with van der Waals surface area (Å²) < 4.78 is 49.5. The molecule has 1 amide bonds. The minimum atomic E-state index is -3.84. The monoisotopic (exact) mass is 476 g/mol. The largest absolute Gasteiger partial charge is 0.495 e. The van der Waals surface area contributed by atoms with Gasteiger partial charge in [-0.05, 0) is 43.2 Å². The number of hydrogen-bond donors (Lipinski definition) is 1. The zero-order valence-corrected chi connectivity index (χ0v) is 19.3. The van der Waals surface area contributed by atoms with Gasteiger partial charge in [0.15, 0.2) is 0 Å². The predicted octanol–water partition coefficient (Wildman–Crippen LogP) is 2.53. The minimum absolute atomic E-state index is 0.0480. The number of carbonyl (C=O) groups is 1. The van der Waals surface area contributed by atoms with Crippen LogP contribution >= 0.6 is 0 Å². The number of ether oxygens (including phenoxy) is 4. The summed E-state index contributed by atoms with van der Waals surface area (Å²) in [5, 5.41) is 2.80. The first-order valence-corrected chi connectivity index (χ1v) is 12.3. The van der Waals surface area contributed by atoms with Crippen molar-refractivity contribution in [2.45, 2.75) is 23.8 Å². The molecule has 9 nitrogen and oxygen atoms in total. The predicted molar refractivity (Wildman–Crippen MR) is 121 cm³/mol. The molecule has 2 fully saturated rings. The van der Waals surface area contributed by atoms with E-state index in [-0.39, 0.29) is 35.4 Å². The van der Waals surface area contributed by atoms with E-state index in [1.165, 1.54) is 29.6 Å². The summed E-state index contributed by atoms with van der Waals surface area (Å²) in [6, 6.07) is 11.4. The van der Waals surface area contributed by atoms with Gasteiger partial charge in [-0.25, -0.2) is 8.42 Å². The summed E-state index contributed by atoms with van der Waals surface area (Å²) in [7, 11) is -2.44. The molecule has 178 valence electrons. The number of hydrogen-bond acceptors (Lipinski definition) is 7. The molecule has 2 saturated heterocycles. The number of anilines is 1. The molecule has 0 spiro atoms. The Balaban J connectivity index is 1.49. The van der Waals surface area contributed by atoms with Crippen molar-refractivity contribution in [1.82, 2.24) is 4.31 Å². The van der Waals surface area contributed by atoms with Gasteiger partial charge in [-0.2, -0.15) is 4.31 Å². The lowest BCUT2D eigenvalue weighted by atomic mass is 10.2. The first-order chi connectivity index (χ1) is 16.0. The Morgan fingerprint density at radius 2 is 1.97 bits per heavy atom. The fourth-order valence-corrected chi connectivity index (χ4v) is 5.37. The summed E-state index contributed by atoms with van der Waals surface area (Å²) >= 11 is 0. The second kappa shape index (κ2) is 10.5. The number of nitrogens with one attached hydrogen (secondary N) is 1. The Morgan fingerprint density at radius 1 is 1.15 bits per heavy atom. The zero-order valence-electron chi connectivity index (χ0n) is 18.5. The van der Waals surface area contributed by atoms with Crippen LogP contribution in [0.4, 0.5) is 5.69 Å². The second-order valence-corrected chi connectivity index (χ2v) is 9.72. The lowest BCUT2D eigenvalue weighted by Gasteiger charge is -2.26. The molecule has 0 radical (unpaired) electrons. The van der Waals surface area contributed by atoms with Crippen LogP contribution in [0.3, 0.4) is 0 Å². The fraction of sp³-hybridized carbons (Fsp3) is 0.435. The number of benzene rings is 2. The summed E-state index contributed by atoms with van der Waals surface area (Å²) in [6.45, 7) is 2.37. The quantitative estimate of drug-likeness (QED) is 0.624. The van der Waals surface area contributed by atoms with E-state index in [0.717, 1.165) is 19.4 Å².